The molecule has 0 aromatic heterocycles. The van der Waals surface area contributed by atoms with Crippen molar-refractivity contribution in [2.24, 2.45) is 0 Å². The smallest absolute Gasteiger partial charge is 0.221 e. The summed E-state index contributed by atoms with van der Waals surface area (Å²) in [6.45, 7) is 5.77. The number of nitrogens with one attached hydrogen (secondary N) is 1. The maximum Gasteiger partial charge on any atom is 0.221 e. The van der Waals surface area contributed by atoms with Crippen molar-refractivity contribution >= 4 is 11.6 Å². The van der Waals surface area contributed by atoms with Gasteiger partial charge in [0.2, 0.25) is 5.91 Å². The Morgan fingerprint density at radius 1 is 1.25 bits per heavy atom. The van der Waals surface area contributed by atoms with Crippen LogP contribution in [0.3, 0.4) is 0 Å². The number of anilines is 1. The van der Waals surface area contributed by atoms with Gasteiger partial charge < -0.3 is 5.32 Å². The molecule has 2 rings (SSSR count). The van der Waals surface area contributed by atoms with E-state index in [0.717, 1.165) is 12.1 Å². The van der Waals surface area contributed by atoms with Crippen LogP contribution in [-0.2, 0) is 17.6 Å². The minimum Gasteiger partial charge on any atom is -0.326 e. The molecule has 1 N–H and O–H groups in total. The lowest BCUT2D eigenvalue weighted by Crippen LogP contribution is -2.13. The highest BCUT2D eigenvalue weighted by atomic mass is 16.1. The van der Waals surface area contributed by atoms with Crippen LogP contribution in [-0.4, -0.2) is 5.91 Å². The molecule has 1 aliphatic carbocycles. The first-order valence-electron chi connectivity index (χ1n) is 5.99. The topological polar surface area (TPSA) is 29.1 Å². The Balaban J connectivity index is 2.49. The van der Waals surface area contributed by atoms with Gasteiger partial charge in [0.05, 0.1) is 0 Å². The Morgan fingerprint density at radius 2 is 1.94 bits per heavy atom. The van der Waals surface area contributed by atoms with Crippen LogP contribution < -0.4 is 5.32 Å². The monoisotopic (exact) mass is 217 g/mol. The van der Waals surface area contributed by atoms with Crippen LogP contribution >= 0.6 is 0 Å². The first kappa shape index (κ1) is 11.2. The zero-order chi connectivity index (χ0) is 11.7. The standard InChI is InChI=1S/C14H19NO/c1-9-8-12-6-4-5-7-13(12)10(2)14(9)15-11(3)16/h8H,4-7H2,1-3H3,(H,15,16). The molecule has 16 heavy (non-hydrogen) atoms. The van der Waals surface area contributed by atoms with Crippen LogP contribution in [0.15, 0.2) is 6.07 Å². The van der Waals surface area contributed by atoms with E-state index in [2.05, 4.69) is 25.2 Å². The van der Waals surface area contributed by atoms with Gasteiger partial charge in [0.25, 0.3) is 0 Å². The van der Waals surface area contributed by atoms with Gasteiger partial charge in [-0.1, -0.05) is 6.07 Å². The molecule has 0 heterocycles. The molecule has 0 saturated carbocycles. The molecule has 1 aromatic carbocycles. The summed E-state index contributed by atoms with van der Waals surface area (Å²) in [4.78, 5) is 11.2. The van der Waals surface area contributed by atoms with Gasteiger partial charge in [0, 0.05) is 12.6 Å². The predicted molar refractivity (Wildman–Crippen MR) is 66.9 cm³/mol. The molecule has 0 unspecified atom stereocenters. The number of hydrogen-bond donors (Lipinski definition) is 1. The van der Waals surface area contributed by atoms with Gasteiger partial charge in [-0.3, -0.25) is 4.79 Å². The summed E-state index contributed by atoms with van der Waals surface area (Å²) in [5.41, 5.74) is 6.42. The van der Waals surface area contributed by atoms with Crippen LogP contribution in [0, 0.1) is 13.8 Å². The summed E-state index contributed by atoms with van der Waals surface area (Å²) in [7, 11) is 0. The lowest BCUT2D eigenvalue weighted by Gasteiger charge is -2.22. The maximum absolute atomic E-state index is 11.2. The van der Waals surface area contributed by atoms with Crippen molar-refractivity contribution in [3.63, 3.8) is 0 Å². The molecular formula is C14H19NO. The fourth-order valence-corrected chi connectivity index (χ4v) is 2.66. The van der Waals surface area contributed by atoms with E-state index in [1.165, 1.54) is 41.5 Å². The molecule has 86 valence electrons. The molecule has 1 amide bonds. The van der Waals surface area contributed by atoms with E-state index in [1.54, 1.807) is 6.92 Å². The van der Waals surface area contributed by atoms with Crippen LogP contribution in [0.4, 0.5) is 5.69 Å². The lowest BCUT2D eigenvalue weighted by atomic mass is 9.86. The molecule has 0 fully saturated rings. The fraction of sp³-hybridized carbons (Fsp3) is 0.500. The van der Waals surface area contributed by atoms with Crippen molar-refractivity contribution in [3.05, 3.63) is 28.3 Å². The zero-order valence-electron chi connectivity index (χ0n) is 10.3. The number of carbonyl (C=O) groups is 1. The van der Waals surface area contributed by atoms with Crippen molar-refractivity contribution in [2.45, 2.75) is 46.5 Å². The Morgan fingerprint density at radius 3 is 2.62 bits per heavy atom. The molecule has 0 atom stereocenters. The highest BCUT2D eigenvalue weighted by Gasteiger charge is 2.16. The molecule has 0 saturated heterocycles. The quantitative estimate of drug-likeness (QED) is 0.769. The molecule has 0 aliphatic heterocycles. The summed E-state index contributed by atoms with van der Waals surface area (Å²) < 4.78 is 0. The maximum atomic E-state index is 11.2. The molecular weight excluding hydrogens is 198 g/mol. The van der Waals surface area contributed by atoms with Gasteiger partial charge in [-0.2, -0.15) is 0 Å². The number of rotatable bonds is 1. The van der Waals surface area contributed by atoms with Gasteiger partial charge in [-0.05, 0) is 61.8 Å². The summed E-state index contributed by atoms with van der Waals surface area (Å²) in [5, 5.41) is 2.95. The van der Waals surface area contributed by atoms with Crippen molar-refractivity contribution in [1.82, 2.24) is 0 Å². The largest absolute Gasteiger partial charge is 0.326 e. The van der Waals surface area contributed by atoms with Crippen LogP contribution in [0.2, 0.25) is 0 Å². The molecule has 2 nitrogen and oxygen atoms in total. The van der Waals surface area contributed by atoms with E-state index in [4.69, 9.17) is 0 Å². The van der Waals surface area contributed by atoms with Gasteiger partial charge >= 0.3 is 0 Å². The molecule has 2 heteroatoms. The first-order chi connectivity index (χ1) is 7.59. The van der Waals surface area contributed by atoms with Gasteiger partial charge in [0.15, 0.2) is 0 Å². The summed E-state index contributed by atoms with van der Waals surface area (Å²) in [6.07, 6.45) is 4.92. The SMILES string of the molecule is CC(=O)Nc1c(C)cc2c(c1C)CCCC2. The predicted octanol–water partition coefficient (Wildman–Crippen LogP) is 3.14. The Hall–Kier alpha value is -1.31. The molecule has 0 radical (unpaired) electrons. The van der Waals surface area contributed by atoms with E-state index >= 15 is 0 Å². The molecule has 0 bridgehead atoms. The molecule has 1 aromatic rings. The highest BCUT2D eigenvalue weighted by Crippen LogP contribution is 2.31. The number of aryl methyl sites for hydroxylation is 2. The summed E-state index contributed by atoms with van der Waals surface area (Å²) in [6, 6.07) is 2.24. The van der Waals surface area contributed by atoms with Gasteiger partial charge in [0.1, 0.15) is 0 Å². The van der Waals surface area contributed by atoms with Crippen LogP contribution in [0.1, 0.15) is 42.0 Å². The lowest BCUT2D eigenvalue weighted by molar-refractivity contribution is -0.114. The third-order valence-corrected chi connectivity index (χ3v) is 3.42. The number of benzene rings is 1. The number of hydrogen-bond acceptors (Lipinski definition) is 1. The zero-order valence-corrected chi connectivity index (χ0v) is 10.3. The Kier molecular flexibility index (Phi) is 2.99. The van der Waals surface area contributed by atoms with E-state index in [-0.39, 0.29) is 5.91 Å². The Bertz CT molecular complexity index is 435. The first-order valence-corrected chi connectivity index (χ1v) is 5.99. The van der Waals surface area contributed by atoms with Gasteiger partial charge in [-0.15, -0.1) is 0 Å². The fourth-order valence-electron chi connectivity index (χ4n) is 2.66. The van der Waals surface area contributed by atoms with E-state index in [1.807, 2.05) is 0 Å². The summed E-state index contributed by atoms with van der Waals surface area (Å²) in [5.74, 6) is 0.0157. The normalized spacial score (nSPS) is 14.4. The average molecular weight is 217 g/mol. The third-order valence-electron chi connectivity index (χ3n) is 3.42. The Labute approximate surface area is 97.1 Å². The van der Waals surface area contributed by atoms with E-state index in [9.17, 15) is 4.79 Å². The second kappa shape index (κ2) is 4.28. The van der Waals surface area contributed by atoms with Crippen LogP contribution in [0.25, 0.3) is 0 Å². The average Bonchev–Trinajstić information content (AvgIpc) is 2.24. The van der Waals surface area contributed by atoms with Crippen molar-refractivity contribution in [1.29, 1.82) is 0 Å². The number of amides is 1. The number of carbonyl (C=O) groups excluding carboxylic acids is 1. The van der Waals surface area contributed by atoms with Crippen LogP contribution in [0.5, 0.6) is 0 Å². The number of fused-ring (bicyclic) bond motifs is 1. The third kappa shape index (κ3) is 1.97. The minimum atomic E-state index is 0.0157. The molecule has 1 aliphatic rings. The van der Waals surface area contributed by atoms with Gasteiger partial charge in [-0.25, -0.2) is 0 Å². The summed E-state index contributed by atoms with van der Waals surface area (Å²) >= 11 is 0. The van der Waals surface area contributed by atoms with E-state index in [0.29, 0.717) is 0 Å². The van der Waals surface area contributed by atoms with E-state index < -0.39 is 0 Å². The second-order valence-electron chi connectivity index (χ2n) is 4.72. The highest BCUT2D eigenvalue weighted by molar-refractivity contribution is 5.90. The van der Waals surface area contributed by atoms with Crippen molar-refractivity contribution < 1.29 is 4.79 Å². The minimum absolute atomic E-state index is 0.0157. The van der Waals surface area contributed by atoms with Crippen molar-refractivity contribution in [3.8, 4) is 0 Å². The second-order valence-corrected chi connectivity index (χ2v) is 4.72. The van der Waals surface area contributed by atoms with Crippen molar-refractivity contribution in [2.75, 3.05) is 5.32 Å². The molecule has 0 spiro atoms.